The van der Waals surface area contributed by atoms with Crippen molar-refractivity contribution in [1.82, 2.24) is 5.32 Å². The van der Waals surface area contributed by atoms with Crippen LogP contribution in [0.25, 0.3) is 0 Å². The van der Waals surface area contributed by atoms with E-state index in [0.717, 1.165) is 12.8 Å². The van der Waals surface area contributed by atoms with Crippen LogP contribution in [0.4, 0.5) is 0 Å². The van der Waals surface area contributed by atoms with Crippen LogP contribution in [0.1, 0.15) is 41.0 Å². The summed E-state index contributed by atoms with van der Waals surface area (Å²) in [6, 6.07) is 2.18. The van der Waals surface area contributed by atoms with E-state index in [9.17, 15) is 9.59 Å². The molecule has 6 heteroatoms. The number of aryl methyl sites for hydroxylation is 3. The lowest BCUT2D eigenvalue weighted by atomic mass is 9.94. The first kappa shape index (κ1) is 17.0. The molecule has 1 aromatic heterocycles. The number of carboxylic acid groups (broad SMARTS) is 1. The first-order valence-corrected chi connectivity index (χ1v) is 8.38. The van der Waals surface area contributed by atoms with Crippen molar-refractivity contribution in [3.05, 3.63) is 21.4 Å². The van der Waals surface area contributed by atoms with Gasteiger partial charge >= 0.3 is 5.97 Å². The van der Waals surface area contributed by atoms with Gasteiger partial charge in [-0.25, -0.2) is 0 Å². The number of aliphatic carboxylic acids is 1. The van der Waals surface area contributed by atoms with E-state index in [1.54, 1.807) is 11.3 Å². The molecule has 2 N–H and O–H groups in total. The highest BCUT2D eigenvalue weighted by Gasteiger charge is 2.38. The van der Waals surface area contributed by atoms with Gasteiger partial charge in [0, 0.05) is 22.8 Å². The number of carbonyl (C=O) groups is 2. The average Bonchev–Trinajstić information content (AvgIpc) is 2.96. The first-order chi connectivity index (χ1) is 10.4. The van der Waals surface area contributed by atoms with Gasteiger partial charge in [-0.15, -0.1) is 11.3 Å². The van der Waals surface area contributed by atoms with Gasteiger partial charge in [0.25, 0.3) is 0 Å². The fraction of sp³-hybridized carbons (Fsp3) is 0.625. The topological polar surface area (TPSA) is 75.6 Å². The highest BCUT2D eigenvalue weighted by molar-refractivity contribution is 7.12. The van der Waals surface area contributed by atoms with E-state index in [0.29, 0.717) is 19.4 Å². The zero-order valence-corrected chi connectivity index (χ0v) is 13.9. The minimum absolute atomic E-state index is 0.0818. The summed E-state index contributed by atoms with van der Waals surface area (Å²) < 4.78 is 5.28. The van der Waals surface area contributed by atoms with Crippen molar-refractivity contribution in [3.63, 3.8) is 0 Å². The van der Waals surface area contributed by atoms with Gasteiger partial charge in [-0.05, 0) is 44.7 Å². The van der Waals surface area contributed by atoms with Gasteiger partial charge < -0.3 is 15.2 Å². The summed E-state index contributed by atoms with van der Waals surface area (Å²) in [5.41, 5.74) is 0.581. The zero-order chi connectivity index (χ0) is 16.2. The number of amides is 1. The predicted octanol–water partition coefficient (Wildman–Crippen LogP) is 2.44. The molecule has 0 aromatic carbocycles. The number of carbonyl (C=O) groups excluding carboxylic acids is 1. The predicted molar refractivity (Wildman–Crippen MR) is 85.3 cm³/mol. The number of hydrogen-bond donors (Lipinski definition) is 2. The van der Waals surface area contributed by atoms with E-state index in [1.807, 2.05) is 0 Å². The first-order valence-electron chi connectivity index (χ1n) is 7.57. The van der Waals surface area contributed by atoms with E-state index in [4.69, 9.17) is 9.84 Å². The largest absolute Gasteiger partial charge is 0.481 e. The van der Waals surface area contributed by atoms with Crippen molar-refractivity contribution in [1.29, 1.82) is 0 Å². The van der Waals surface area contributed by atoms with E-state index in [2.05, 4.69) is 25.2 Å². The lowest BCUT2D eigenvalue weighted by molar-refractivity contribution is -0.139. The zero-order valence-electron chi connectivity index (χ0n) is 13.1. The molecule has 2 rings (SSSR count). The van der Waals surface area contributed by atoms with Crippen LogP contribution in [-0.2, 0) is 20.7 Å². The molecule has 5 nitrogen and oxygen atoms in total. The SMILES string of the molecule is Cc1cc(CCCC(=O)NC2(CC(=O)O)CCOC2)c(C)s1. The maximum absolute atomic E-state index is 12.1. The van der Waals surface area contributed by atoms with E-state index in [1.165, 1.54) is 15.3 Å². The second kappa shape index (κ2) is 7.24. The lowest BCUT2D eigenvalue weighted by Gasteiger charge is -2.27. The fourth-order valence-electron chi connectivity index (χ4n) is 2.91. The van der Waals surface area contributed by atoms with Gasteiger partial charge in [0.05, 0.1) is 18.6 Å². The number of ether oxygens (including phenoxy) is 1. The van der Waals surface area contributed by atoms with Crippen molar-refractivity contribution >= 4 is 23.2 Å². The second-order valence-corrected chi connectivity index (χ2v) is 7.45. The molecule has 1 amide bonds. The molecule has 1 fully saturated rings. The van der Waals surface area contributed by atoms with E-state index >= 15 is 0 Å². The molecule has 122 valence electrons. The molecule has 0 radical (unpaired) electrons. The third-order valence-corrected chi connectivity index (χ3v) is 5.00. The highest BCUT2D eigenvalue weighted by Crippen LogP contribution is 2.24. The Bertz CT molecular complexity index is 546. The lowest BCUT2D eigenvalue weighted by Crippen LogP contribution is -2.50. The third-order valence-electron chi connectivity index (χ3n) is 3.99. The number of carboxylic acids is 1. The summed E-state index contributed by atoms with van der Waals surface area (Å²) in [6.45, 7) is 4.98. The Balaban J connectivity index is 1.81. The molecule has 1 aromatic rings. The van der Waals surface area contributed by atoms with Crippen LogP contribution in [-0.4, -0.2) is 35.7 Å². The molecule has 1 aliphatic rings. The van der Waals surface area contributed by atoms with Crippen molar-refractivity contribution in [3.8, 4) is 0 Å². The number of thiophene rings is 1. The van der Waals surface area contributed by atoms with Gasteiger partial charge in [0.2, 0.25) is 5.91 Å². The Morgan fingerprint density at radius 1 is 1.45 bits per heavy atom. The average molecular weight is 325 g/mol. The van der Waals surface area contributed by atoms with Crippen molar-refractivity contribution in [2.75, 3.05) is 13.2 Å². The van der Waals surface area contributed by atoms with E-state index in [-0.39, 0.29) is 18.9 Å². The minimum Gasteiger partial charge on any atom is -0.481 e. The Hall–Kier alpha value is -1.40. The Kier molecular flexibility index (Phi) is 5.58. The maximum Gasteiger partial charge on any atom is 0.305 e. The number of hydrogen-bond acceptors (Lipinski definition) is 4. The Morgan fingerprint density at radius 2 is 2.23 bits per heavy atom. The smallest absolute Gasteiger partial charge is 0.305 e. The third kappa shape index (κ3) is 4.55. The normalized spacial score (nSPS) is 21.0. The van der Waals surface area contributed by atoms with Crippen LogP contribution in [0.5, 0.6) is 0 Å². The van der Waals surface area contributed by atoms with E-state index < -0.39 is 11.5 Å². The van der Waals surface area contributed by atoms with Gasteiger partial charge in [-0.2, -0.15) is 0 Å². The van der Waals surface area contributed by atoms with Gasteiger partial charge in [0.1, 0.15) is 0 Å². The fourth-order valence-corrected chi connectivity index (χ4v) is 3.88. The maximum atomic E-state index is 12.1. The molecule has 1 aliphatic heterocycles. The molecule has 0 bridgehead atoms. The molecule has 1 saturated heterocycles. The van der Waals surface area contributed by atoms with Crippen LogP contribution in [0, 0.1) is 13.8 Å². The van der Waals surface area contributed by atoms with Crippen molar-refractivity contribution in [2.45, 2.75) is 51.5 Å². The summed E-state index contributed by atoms with van der Waals surface area (Å²) in [5.74, 6) is -0.994. The van der Waals surface area contributed by atoms with Gasteiger partial charge in [0.15, 0.2) is 0 Å². The summed E-state index contributed by atoms with van der Waals surface area (Å²) in [6.07, 6.45) is 2.55. The quantitative estimate of drug-likeness (QED) is 0.807. The number of rotatable bonds is 7. The second-order valence-electron chi connectivity index (χ2n) is 5.99. The Labute approximate surface area is 134 Å². The molecule has 1 atom stereocenters. The van der Waals surface area contributed by atoms with Crippen LogP contribution in [0.15, 0.2) is 6.07 Å². The number of nitrogens with one attached hydrogen (secondary N) is 1. The van der Waals surface area contributed by atoms with Crippen LogP contribution in [0.2, 0.25) is 0 Å². The van der Waals surface area contributed by atoms with Crippen LogP contribution < -0.4 is 5.32 Å². The molecule has 0 saturated carbocycles. The van der Waals surface area contributed by atoms with Crippen LogP contribution in [0.3, 0.4) is 0 Å². The molecule has 1 unspecified atom stereocenters. The van der Waals surface area contributed by atoms with Crippen molar-refractivity contribution in [2.24, 2.45) is 0 Å². The Morgan fingerprint density at radius 3 is 2.77 bits per heavy atom. The minimum atomic E-state index is -0.907. The van der Waals surface area contributed by atoms with Gasteiger partial charge in [-0.3, -0.25) is 9.59 Å². The molecular formula is C16H23NO4S. The molecular weight excluding hydrogens is 302 g/mol. The molecule has 22 heavy (non-hydrogen) atoms. The standard InChI is InChI=1S/C16H23NO4S/c1-11-8-13(12(2)22-11)4-3-5-14(18)17-16(9-15(19)20)6-7-21-10-16/h8H,3-7,9-10H2,1-2H3,(H,17,18)(H,19,20). The molecule has 0 aliphatic carbocycles. The summed E-state index contributed by atoms with van der Waals surface area (Å²) in [5, 5.41) is 11.9. The monoisotopic (exact) mass is 325 g/mol. The van der Waals surface area contributed by atoms with Crippen molar-refractivity contribution < 1.29 is 19.4 Å². The molecule has 2 heterocycles. The van der Waals surface area contributed by atoms with Crippen LogP contribution >= 0.6 is 11.3 Å². The van der Waals surface area contributed by atoms with Gasteiger partial charge in [-0.1, -0.05) is 0 Å². The summed E-state index contributed by atoms with van der Waals surface area (Å²) >= 11 is 1.78. The highest BCUT2D eigenvalue weighted by atomic mass is 32.1. The summed E-state index contributed by atoms with van der Waals surface area (Å²) in [4.78, 5) is 25.7. The summed E-state index contributed by atoms with van der Waals surface area (Å²) in [7, 11) is 0. The molecule has 0 spiro atoms.